The van der Waals surface area contributed by atoms with Gasteiger partial charge in [0.15, 0.2) is 0 Å². The van der Waals surface area contributed by atoms with E-state index in [0.717, 1.165) is 16.5 Å². The number of aliphatic carboxylic acids is 2. The summed E-state index contributed by atoms with van der Waals surface area (Å²) >= 11 is 0. The molecule has 0 saturated heterocycles. The van der Waals surface area contributed by atoms with Crippen LogP contribution in [-0.4, -0.2) is 34.9 Å². The molecule has 9 heteroatoms. The van der Waals surface area contributed by atoms with Gasteiger partial charge in [0, 0.05) is 18.5 Å². The lowest BCUT2D eigenvalue weighted by Gasteiger charge is -2.03. The van der Waals surface area contributed by atoms with E-state index in [4.69, 9.17) is 19.4 Å². The molecule has 0 bridgehead atoms. The highest BCUT2D eigenvalue weighted by Gasteiger charge is 2.38. The van der Waals surface area contributed by atoms with Crippen LogP contribution in [0.5, 0.6) is 0 Å². The Morgan fingerprint density at radius 3 is 2.39 bits per heavy atom. The molecular formula is C14H14F3NO5. The van der Waals surface area contributed by atoms with E-state index in [1.54, 1.807) is 6.26 Å². The number of benzene rings is 1. The summed E-state index contributed by atoms with van der Waals surface area (Å²) in [6, 6.07) is 7.84. The van der Waals surface area contributed by atoms with Crippen LogP contribution in [0.15, 0.2) is 34.9 Å². The molecule has 23 heavy (non-hydrogen) atoms. The highest BCUT2D eigenvalue weighted by Crippen LogP contribution is 2.16. The first-order valence-corrected chi connectivity index (χ1v) is 6.39. The van der Waals surface area contributed by atoms with Gasteiger partial charge in [-0.15, -0.1) is 0 Å². The molecule has 1 heterocycles. The Balaban J connectivity index is 0.000000322. The first-order valence-electron chi connectivity index (χ1n) is 6.39. The summed E-state index contributed by atoms with van der Waals surface area (Å²) in [6.07, 6.45) is -3.28. The number of fused-ring (bicyclic) bond motifs is 1. The maximum atomic E-state index is 10.6. The van der Waals surface area contributed by atoms with E-state index < -0.39 is 18.1 Å². The van der Waals surface area contributed by atoms with E-state index in [2.05, 4.69) is 5.32 Å². The highest BCUT2D eigenvalue weighted by atomic mass is 19.4. The molecule has 1 aromatic carbocycles. The fourth-order valence-electron chi connectivity index (χ4n) is 1.55. The molecule has 0 aliphatic carbocycles. The minimum absolute atomic E-state index is 0.147. The van der Waals surface area contributed by atoms with Crippen molar-refractivity contribution in [3.8, 4) is 0 Å². The Bertz CT molecular complexity index is 666. The van der Waals surface area contributed by atoms with Crippen molar-refractivity contribution in [1.29, 1.82) is 0 Å². The summed E-state index contributed by atoms with van der Waals surface area (Å²) in [6.45, 7) is 1.16. The maximum Gasteiger partial charge on any atom is 0.490 e. The zero-order chi connectivity index (χ0) is 17.5. The van der Waals surface area contributed by atoms with Crippen LogP contribution in [0.4, 0.5) is 13.2 Å². The van der Waals surface area contributed by atoms with E-state index in [0.29, 0.717) is 13.1 Å². The number of halogens is 3. The first-order chi connectivity index (χ1) is 10.7. The molecule has 3 N–H and O–H groups in total. The summed E-state index contributed by atoms with van der Waals surface area (Å²) in [5.74, 6) is -3.54. The lowest BCUT2D eigenvalue weighted by atomic mass is 10.1. The molecule has 0 aliphatic rings. The van der Waals surface area contributed by atoms with Gasteiger partial charge in [-0.05, 0) is 23.8 Å². The SMILES string of the molecule is O=C(O)C(F)(F)F.O=C(O)CCNCc1ccc2occc2c1. The van der Waals surface area contributed by atoms with Crippen molar-refractivity contribution in [1.82, 2.24) is 5.32 Å². The molecule has 0 atom stereocenters. The number of carboxylic acids is 2. The summed E-state index contributed by atoms with van der Waals surface area (Å²) in [5, 5.41) is 19.7. The fourth-order valence-corrected chi connectivity index (χ4v) is 1.55. The minimum Gasteiger partial charge on any atom is -0.481 e. The van der Waals surface area contributed by atoms with Gasteiger partial charge in [-0.25, -0.2) is 4.79 Å². The molecule has 0 unspecified atom stereocenters. The van der Waals surface area contributed by atoms with Gasteiger partial charge in [-0.1, -0.05) is 6.07 Å². The van der Waals surface area contributed by atoms with Gasteiger partial charge >= 0.3 is 18.1 Å². The van der Waals surface area contributed by atoms with E-state index in [1.165, 1.54) is 0 Å². The van der Waals surface area contributed by atoms with Crippen LogP contribution in [0.2, 0.25) is 0 Å². The van der Waals surface area contributed by atoms with Crippen LogP contribution in [0.25, 0.3) is 11.0 Å². The number of hydrogen-bond acceptors (Lipinski definition) is 4. The third kappa shape index (κ3) is 6.83. The minimum atomic E-state index is -5.08. The molecule has 126 valence electrons. The third-order valence-electron chi connectivity index (χ3n) is 2.60. The number of rotatable bonds is 5. The Hall–Kier alpha value is -2.55. The van der Waals surface area contributed by atoms with Crippen molar-refractivity contribution in [3.05, 3.63) is 36.1 Å². The van der Waals surface area contributed by atoms with E-state index >= 15 is 0 Å². The molecule has 6 nitrogen and oxygen atoms in total. The Kier molecular flexibility index (Phi) is 6.58. The first kappa shape index (κ1) is 18.5. The number of alkyl halides is 3. The highest BCUT2D eigenvalue weighted by molar-refractivity contribution is 5.77. The van der Waals surface area contributed by atoms with Crippen molar-refractivity contribution < 1.29 is 37.4 Å². The van der Waals surface area contributed by atoms with Crippen LogP contribution >= 0.6 is 0 Å². The topological polar surface area (TPSA) is 99.8 Å². The van der Waals surface area contributed by atoms with Crippen LogP contribution in [0.3, 0.4) is 0 Å². The zero-order valence-corrected chi connectivity index (χ0v) is 11.8. The van der Waals surface area contributed by atoms with Gasteiger partial charge in [0.2, 0.25) is 0 Å². The molecule has 0 radical (unpaired) electrons. The third-order valence-corrected chi connectivity index (χ3v) is 2.60. The molecule has 1 aromatic heterocycles. The average molecular weight is 333 g/mol. The largest absolute Gasteiger partial charge is 0.490 e. The van der Waals surface area contributed by atoms with Gasteiger partial charge in [-0.2, -0.15) is 13.2 Å². The molecule has 2 rings (SSSR count). The van der Waals surface area contributed by atoms with Crippen LogP contribution in [0, 0.1) is 0 Å². The fraction of sp³-hybridized carbons (Fsp3) is 0.286. The molecular weight excluding hydrogens is 319 g/mol. The monoisotopic (exact) mass is 333 g/mol. The smallest absolute Gasteiger partial charge is 0.481 e. The Morgan fingerprint density at radius 2 is 1.83 bits per heavy atom. The average Bonchev–Trinajstić information content (AvgIpc) is 2.90. The van der Waals surface area contributed by atoms with Crippen molar-refractivity contribution in [2.45, 2.75) is 19.1 Å². The predicted octanol–water partition coefficient (Wildman–Crippen LogP) is 2.63. The standard InChI is InChI=1S/C12H13NO3.C2HF3O2/c14-12(15)3-5-13-8-9-1-2-11-10(7-9)4-6-16-11;3-2(4,5)1(6)7/h1-2,4,6-7,13H,3,5,8H2,(H,14,15);(H,6,7). The van der Waals surface area contributed by atoms with Crippen LogP contribution < -0.4 is 5.32 Å². The maximum absolute atomic E-state index is 10.6. The second-order valence-electron chi connectivity index (χ2n) is 4.42. The van der Waals surface area contributed by atoms with Gasteiger partial charge < -0.3 is 19.9 Å². The van der Waals surface area contributed by atoms with Crippen LogP contribution in [-0.2, 0) is 16.1 Å². The van der Waals surface area contributed by atoms with Crippen molar-refractivity contribution in [3.63, 3.8) is 0 Å². The summed E-state index contributed by atoms with van der Waals surface area (Å²) in [5.41, 5.74) is 1.99. The molecule has 0 saturated carbocycles. The van der Waals surface area contributed by atoms with Gasteiger partial charge in [0.1, 0.15) is 5.58 Å². The molecule has 2 aromatic rings. The van der Waals surface area contributed by atoms with E-state index in [-0.39, 0.29) is 6.42 Å². The summed E-state index contributed by atoms with van der Waals surface area (Å²) in [7, 11) is 0. The summed E-state index contributed by atoms with van der Waals surface area (Å²) in [4.78, 5) is 19.2. The molecule has 0 spiro atoms. The quantitative estimate of drug-likeness (QED) is 0.728. The number of furan rings is 1. The van der Waals surface area contributed by atoms with Crippen molar-refractivity contribution in [2.24, 2.45) is 0 Å². The Labute approximate surface area is 128 Å². The van der Waals surface area contributed by atoms with E-state index in [9.17, 15) is 18.0 Å². The zero-order valence-electron chi connectivity index (χ0n) is 11.8. The van der Waals surface area contributed by atoms with Gasteiger partial charge in [0.05, 0.1) is 12.7 Å². The van der Waals surface area contributed by atoms with Crippen LogP contribution in [0.1, 0.15) is 12.0 Å². The number of hydrogen-bond donors (Lipinski definition) is 3. The molecule has 0 fully saturated rings. The summed E-state index contributed by atoms with van der Waals surface area (Å²) < 4.78 is 37.0. The van der Waals surface area contributed by atoms with Crippen molar-refractivity contribution >= 4 is 22.9 Å². The normalized spacial score (nSPS) is 10.9. The predicted molar refractivity (Wildman–Crippen MR) is 73.9 cm³/mol. The lowest BCUT2D eigenvalue weighted by molar-refractivity contribution is -0.192. The number of nitrogens with one attached hydrogen (secondary N) is 1. The Morgan fingerprint density at radius 1 is 1.17 bits per heavy atom. The second kappa shape index (κ2) is 8.18. The second-order valence-corrected chi connectivity index (χ2v) is 4.42. The number of carboxylic acid groups (broad SMARTS) is 2. The number of carbonyl (C=O) groups is 2. The van der Waals surface area contributed by atoms with Crippen molar-refractivity contribution in [2.75, 3.05) is 6.54 Å². The van der Waals surface area contributed by atoms with Gasteiger partial charge in [-0.3, -0.25) is 4.79 Å². The van der Waals surface area contributed by atoms with E-state index in [1.807, 2.05) is 24.3 Å². The lowest BCUT2D eigenvalue weighted by Crippen LogP contribution is -2.21. The molecule has 0 amide bonds. The molecule has 0 aliphatic heterocycles. The van der Waals surface area contributed by atoms with Gasteiger partial charge in [0.25, 0.3) is 0 Å².